The highest BCUT2D eigenvalue weighted by molar-refractivity contribution is 5.96. The molecule has 3 nitrogen and oxygen atoms in total. The van der Waals surface area contributed by atoms with E-state index in [4.69, 9.17) is 0 Å². The Balaban J connectivity index is 1.51. The number of benzene rings is 4. The minimum atomic E-state index is 0.216. The maximum atomic E-state index is 9.42. The SMILES string of the molecule is CC1=CCC(N(c2ccc(/C=C\c3cc(C#N)ccc3C#N)cc2)c2cccc3ccccc23)C=C1. The van der Waals surface area contributed by atoms with Gasteiger partial charge in [-0.15, -0.1) is 0 Å². The van der Waals surface area contributed by atoms with Gasteiger partial charge in [0.1, 0.15) is 0 Å². The summed E-state index contributed by atoms with van der Waals surface area (Å²) in [6.45, 7) is 2.14. The number of rotatable bonds is 5. The second-order valence-electron chi connectivity index (χ2n) is 8.93. The number of hydrogen-bond donors (Lipinski definition) is 0. The molecule has 0 amide bonds. The van der Waals surface area contributed by atoms with Crippen LogP contribution < -0.4 is 4.90 Å². The van der Waals surface area contributed by atoms with Crippen molar-refractivity contribution in [3.8, 4) is 12.1 Å². The first-order valence-electron chi connectivity index (χ1n) is 12.0. The van der Waals surface area contributed by atoms with E-state index in [1.165, 1.54) is 22.0 Å². The van der Waals surface area contributed by atoms with Gasteiger partial charge in [-0.1, -0.05) is 84.5 Å². The molecule has 0 saturated heterocycles. The Morgan fingerprint density at radius 2 is 1.67 bits per heavy atom. The second-order valence-corrected chi connectivity index (χ2v) is 8.93. The van der Waals surface area contributed by atoms with Gasteiger partial charge in [-0.3, -0.25) is 0 Å². The minimum absolute atomic E-state index is 0.216. The van der Waals surface area contributed by atoms with Gasteiger partial charge in [-0.05, 0) is 66.3 Å². The molecule has 0 bridgehead atoms. The van der Waals surface area contributed by atoms with Gasteiger partial charge in [0.05, 0.1) is 29.3 Å². The third kappa shape index (κ3) is 4.69. The van der Waals surface area contributed by atoms with Gasteiger partial charge in [-0.2, -0.15) is 10.5 Å². The maximum Gasteiger partial charge on any atom is 0.0997 e. The van der Waals surface area contributed by atoms with E-state index in [2.05, 4.69) is 109 Å². The zero-order chi connectivity index (χ0) is 24.9. The van der Waals surface area contributed by atoms with Crippen LogP contribution in [-0.4, -0.2) is 6.04 Å². The van der Waals surface area contributed by atoms with Crippen molar-refractivity contribution >= 4 is 34.3 Å². The number of hydrogen-bond acceptors (Lipinski definition) is 3. The lowest BCUT2D eigenvalue weighted by Gasteiger charge is -2.34. The van der Waals surface area contributed by atoms with Crippen LogP contribution in [0.1, 0.15) is 35.6 Å². The molecule has 4 aromatic carbocycles. The van der Waals surface area contributed by atoms with E-state index in [1.54, 1.807) is 18.2 Å². The first-order chi connectivity index (χ1) is 17.7. The van der Waals surface area contributed by atoms with Crippen LogP contribution in [0, 0.1) is 22.7 Å². The fourth-order valence-electron chi connectivity index (χ4n) is 4.64. The predicted molar refractivity (Wildman–Crippen MR) is 149 cm³/mol. The zero-order valence-corrected chi connectivity index (χ0v) is 20.1. The van der Waals surface area contributed by atoms with Gasteiger partial charge in [0.25, 0.3) is 0 Å². The van der Waals surface area contributed by atoms with Gasteiger partial charge in [-0.25, -0.2) is 0 Å². The molecular weight excluding hydrogens is 438 g/mol. The van der Waals surface area contributed by atoms with Crippen LogP contribution in [-0.2, 0) is 0 Å². The Labute approximate surface area is 212 Å². The topological polar surface area (TPSA) is 50.8 Å². The zero-order valence-electron chi connectivity index (χ0n) is 20.1. The summed E-state index contributed by atoms with van der Waals surface area (Å²) in [4.78, 5) is 2.42. The van der Waals surface area contributed by atoms with E-state index in [9.17, 15) is 10.5 Å². The normalized spacial score (nSPS) is 14.9. The molecule has 1 unspecified atom stereocenters. The number of allylic oxidation sites excluding steroid dienone is 2. The molecule has 3 heteroatoms. The summed E-state index contributed by atoms with van der Waals surface area (Å²) in [5.74, 6) is 0. The van der Waals surface area contributed by atoms with Crippen molar-refractivity contribution in [1.29, 1.82) is 10.5 Å². The Bertz CT molecular complexity index is 1590. The van der Waals surface area contributed by atoms with Crippen molar-refractivity contribution in [3.05, 3.63) is 131 Å². The molecule has 0 heterocycles. The van der Waals surface area contributed by atoms with Crippen molar-refractivity contribution in [2.75, 3.05) is 4.90 Å². The van der Waals surface area contributed by atoms with E-state index in [-0.39, 0.29) is 6.04 Å². The molecule has 0 radical (unpaired) electrons. The average Bonchev–Trinajstić information content (AvgIpc) is 2.93. The van der Waals surface area contributed by atoms with Crippen molar-refractivity contribution in [2.24, 2.45) is 0 Å². The summed E-state index contributed by atoms with van der Waals surface area (Å²) >= 11 is 0. The highest BCUT2D eigenvalue weighted by Gasteiger charge is 2.21. The van der Waals surface area contributed by atoms with Gasteiger partial charge >= 0.3 is 0 Å². The molecule has 1 atom stereocenters. The first kappa shape index (κ1) is 22.9. The molecule has 0 fully saturated rings. The summed E-state index contributed by atoms with van der Waals surface area (Å²) in [5.41, 5.74) is 6.46. The highest BCUT2D eigenvalue weighted by Crippen LogP contribution is 2.36. The minimum Gasteiger partial charge on any atom is -0.334 e. The fourth-order valence-corrected chi connectivity index (χ4v) is 4.64. The van der Waals surface area contributed by atoms with Gasteiger partial charge in [0, 0.05) is 16.8 Å². The Hall–Kier alpha value is -4.86. The third-order valence-corrected chi connectivity index (χ3v) is 6.55. The molecule has 0 saturated carbocycles. The van der Waals surface area contributed by atoms with E-state index < -0.39 is 0 Å². The summed E-state index contributed by atoms with van der Waals surface area (Å²) < 4.78 is 0. The number of anilines is 2. The van der Waals surface area contributed by atoms with Crippen molar-refractivity contribution in [3.63, 3.8) is 0 Å². The molecule has 0 spiro atoms. The molecule has 0 aromatic heterocycles. The van der Waals surface area contributed by atoms with Crippen LogP contribution >= 0.6 is 0 Å². The lowest BCUT2D eigenvalue weighted by atomic mass is 9.99. The third-order valence-electron chi connectivity index (χ3n) is 6.55. The van der Waals surface area contributed by atoms with Crippen LogP contribution in [0.5, 0.6) is 0 Å². The quantitative estimate of drug-likeness (QED) is 0.281. The molecule has 1 aliphatic rings. The summed E-state index contributed by atoms with van der Waals surface area (Å²) in [6.07, 6.45) is 11.6. The van der Waals surface area contributed by atoms with Gasteiger partial charge < -0.3 is 4.90 Å². The maximum absolute atomic E-state index is 9.42. The van der Waals surface area contributed by atoms with Crippen LogP contribution in [0.2, 0.25) is 0 Å². The molecule has 0 aliphatic heterocycles. The second kappa shape index (κ2) is 10.2. The summed E-state index contributed by atoms with van der Waals surface area (Å²) in [6, 6.07) is 33.1. The van der Waals surface area contributed by atoms with E-state index >= 15 is 0 Å². The first-order valence-corrected chi connectivity index (χ1v) is 12.0. The van der Waals surface area contributed by atoms with Crippen molar-refractivity contribution < 1.29 is 0 Å². The lowest BCUT2D eigenvalue weighted by Crippen LogP contribution is -2.30. The van der Waals surface area contributed by atoms with Crippen molar-refractivity contribution in [1.82, 2.24) is 0 Å². The van der Waals surface area contributed by atoms with Crippen LogP contribution in [0.3, 0.4) is 0 Å². The fraction of sp³-hybridized carbons (Fsp3) is 0.0909. The van der Waals surface area contributed by atoms with E-state index in [0.29, 0.717) is 11.1 Å². The number of fused-ring (bicyclic) bond motifs is 1. The van der Waals surface area contributed by atoms with Crippen LogP contribution in [0.4, 0.5) is 11.4 Å². The molecule has 5 rings (SSSR count). The smallest absolute Gasteiger partial charge is 0.0997 e. The monoisotopic (exact) mass is 463 g/mol. The lowest BCUT2D eigenvalue weighted by molar-refractivity contribution is 0.781. The molecular formula is C33H25N3. The van der Waals surface area contributed by atoms with E-state index in [0.717, 1.165) is 23.2 Å². The van der Waals surface area contributed by atoms with Crippen LogP contribution in [0.25, 0.3) is 22.9 Å². The van der Waals surface area contributed by atoms with E-state index in [1.807, 2.05) is 12.2 Å². The Kier molecular flexibility index (Phi) is 6.48. The van der Waals surface area contributed by atoms with Crippen LogP contribution in [0.15, 0.2) is 109 Å². The Morgan fingerprint density at radius 1 is 0.861 bits per heavy atom. The highest BCUT2D eigenvalue weighted by atomic mass is 15.2. The molecule has 1 aliphatic carbocycles. The van der Waals surface area contributed by atoms with Crippen molar-refractivity contribution in [2.45, 2.75) is 19.4 Å². The average molecular weight is 464 g/mol. The molecule has 4 aromatic rings. The number of nitriles is 2. The molecule has 0 N–H and O–H groups in total. The largest absolute Gasteiger partial charge is 0.334 e. The Morgan fingerprint density at radius 3 is 2.42 bits per heavy atom. The molecule has 36 heavy (non-hydrogen) atoms. The molecule has 172 valence electrons. The predicted octanol–water partition coefficient (Wildman–Crippen LogP) is 8.17. The van der Waals surface area contributed by atoms with Gasteiger partial charge in [0.2, 0.25) is 0 Å². The number of nitrogens with zero attached hydrogens (tertiary/aromatic N) is 3. The summed E-state index contributed by atoms with van der Waals surface area (Å²) in [5, 5.41) is 21.1. The van der Waals surface area contributed by atoms with Gasteiger partial charge in [0.15, 0.2) is 0 Å². The summed E-state index contributed by atoms with van der Waals surface area (Å²) in [7, 11) is 0. The standard InChI is InChI=1S/C33H25N3/c1-24-9-17-30(18-10-24)36(33-8-4-6-27-5-2-3-7-32(27)33)31-19-13-25(14-20-31)11-15-28-21-26(22-34)12-16-29(28)23-35/h2-17,19-21,30H,18H2,1H3/b15-11-.